The molecule has 0 saturated carbocycles. The molecule has 3 aromatic heterocycles. The van der Waals surface area contributed by atoms with Crippen molar-refractivity contribution >= 4 is 27.8 Å². The molecule has 1 amide bonds. The Bertz CT molecular complexity index is 1230. The van der Waals surface area contributed by atoms with Crippen LogP contribution in [0, 0.1) is 0 Å². The number of rotatable bonds is 6. The number of nitrogens with zero attached hydrogens (tertiary/aromatic N) is 4. The Labute approximate surface area is 175 Å². The molecule has 4 rings (SSSR count). The molecule has 0 aliphatic carbocycles. The smallest absolute Gasteiger partial charge is 0.359 e. The maximum absolute atomic E-state index is 13.8. The normalized spacial score (nSPS) is 12.2. The van der Waals surface area contributed by atoms with E-state index in [1.807, 2.05) is 0 Å². The van der Waals surface area contributed by atoms with Crippen LogP contribution in [0.3, 0.4) is 0 Å². The maximum atomic E-state index is 13.8. The molecule has 0 fully saturated rings. The van der Waals surface area contributed by atoms with Crippen molar-refractivity contribution in [3.05, 3.63) is 48.3 Å². The summed E-state index contributed by atoms with van der Waals surface area (Å²) in [6.45, 7) is 0.707. The molecule has 7 nitrogen and oxygen atoms in total. The molecule has 4 aromatic rings. The van der Waals surface area contributed by atoms with Crippen molar-refractivity contribution in [2.45, 2.75) is 12.7 Å². The summed E-state index contributed by atoms with van der Waals surface area (Å²) >= 11 is 0. The topological polar surface area (TPSA) is 78.8 Å². The van der Waals surface area contributed by atoms with E-state index in [1.165, 1.54) is 0 Å². The molecule has 162 valence electrons. The summed E-state index contributed by atoms with van der Waals surface area (Å²) in [5, 5.41) is 3.37. The van der Waals surface area contributed by atoms with Crippen LogP contribution in [-0.2, 0) is 17.5 Å². The number of carbonyl (C=O) groups is 1. The molecule has 31 heavy (non-hydrogen) atoms. The van der Waals surface area contributed by atoms with Gasteiger partial charge in [-0.2, -0.15) is 13.2 Å². The van der Waals surface area contributed by atoms with Crippen molar-refractivity contribution in [3.8, 4) is 11.5 Å². The Kier molecular flexibility index (Phi) is 5.40. The molecule has 1 aromatic carbocycles. The van der Waals surface area contributed by atoms with Crippen molar-refractivity contribution in [2.75, 3.05) is 27.2 Å². The summed E-state index contributed by atoms with van der Waals surface area (Å²) in [4.78, 5) is 25.0. The van der Waals surface area contributed by atoms with Crippen LogP contribution in [0.1, 0.15) is 5.69 Å². The molecule has 3 heterocycles. The van der Waals surface area contributed by atoms with E-state index in [1.54, 1.807) is 66.2 Å². The highest BCUT2D eigenvalue weighted by molar-refractivity contribution is 6.04. The number of para-hydroxylation sites is 1. The number of nitrogens with one attached hydrogen (secondary N) is 2. The second-order valence-electron chi connectivity index (χ2n) is 7.43. The van der Waals surface area contributed by atoms with Crippen molar-refractivity contribution in [1.29, 1.82) is 0 Å². The summed E-state index contributed by atoms with van der Waals surface area (Å²) in [6.07, 6.45) is -2.98. The zero-order chi connectivity index (χ0) is 22.2. The van der Waals surface area contributed by atoms with Crippen molar-refractivity contribution in [2.24, 2.45) is 0 Å². The number of carbonyl (C=O) groups excluding carboxylic acids is 1. The van der Waals surface area contributed by atoms with E-state index in [2.05, 4.69) is 20.3 Å². The zero-order valence-electron chi connectivity index (χ0n) is 17.0. The minimum absolute atomic E-state index is 0.168. The van der Waals surface area contributed by atoms with Gasteiger partial charge in [0.1, 0.15) is 5.52 Å². The average molecular weight is 430 g/mol. The van der Waals surface area contributed by atoms with Crippen molar-refractivity contribution in [1.82, 2.24) is 29.7 Å². The van der Waals surface area contributed by atoms with Crippen LogP contribution >= 0.6 is 0 Å². The van der Waals surface area contributed by atoms with Gasteiger partial charge >= 0.3 is 6.18 Å². The first-order valence-corrected chi connectivity index (χ1v) is 9.67. The van der Waals surface area contributed by atoms with Gasteiger partial charge in [-0.15, -0.1) is 0 Å². The fourth-order valence-electron chi connectivity index (χ4n) is 3.58. The molecule has 10 heteroatoms. The number of halogens is 3. The van der Waals surface area contributed by atoms with Crippen LogP contribution in [0.5, 0.6) is 0 Å². The Morgan fingerprint density at radius 1 is 1.16 bits per heavy atom. The standard InChI is InChI=1S/C21H21F3N6O/c1-29(2)12-16(31)26-10-11-30-18-13-6-3-4-7-14(13)27-19(21(22,23)24)17(18)28-20(30)15-8-5-9-25-15/h3-9,25H,10-12H2,1-2H3,(H,26,31). The van der Waals surface area contributed by atoms with Crippen LogP contribution in [0.25, 0.3) is 33.5 Å². The van der Waals surface area contributed by atoms with E-state index >= 15 is 0 Å². The lowest BCUT2D eigenvalue weighted by Crippen LogP contribution is -2.35. The quantitative estimate of drug-likeness (QED) is 0.492. The number of pyridine rings is 1. The molecule has 0 spiro atoms. The van der Waals surface area contributed by atoms with Gasteiger partial charge in [-0.25, -0.2) is 9.97 Å². The number of imidazole rings is 1. The van der Waals surface area contributed by atoms with Gasteiger partial charge in [0, 0.05) is 24.7 Å². The van der Waals surface area contributed by atoms with Gasteiger partial charge in [0.15, 0.2) is 11.5 Å². The van der Waals surface area contributed by atoms with Gasteiger partial charge in [0.25, 0.3) is 0 Å². The summed E-state index contributed by atoms with van der Waals surface area (Å²) < 4.78 is 43.2. The number of H-pyrrole nitrogens is 1. The molecule has 0 atom stereocenters. The maximum Gasteiger partial charge on any atom is 0.435 e. The van der Waals surface area contributed by atoms with Gasteiger partial charge in [-0.1, -0.05) is 18.2 Å². The fourth-order valence-corrected chi connectivity index (χ4v) is 3.58. The third kappa shape index (κ3) is 4.11. The highest BCUT2D eigenvalue weighted by atomic mass is 19.4. The molecule has 0 saturated heterocycles. The third-order valence-electron chi connectivity index (χ3n) is 4.81. The number of likely N-dealkylation sites (N-methyl/N-ethyl adjacent to an activating group) is 1. The van der Waals surface area contributed by atoms with Crippen LogP contribution < -0.4 is 5.32 Å². The third-order valence-corrected chi connectivity index (χ3v) is 4.81. The van der Waals surface area contributed by atoms with Crippen molar-refractivity contribution in [3.63, 3.8) is 0 Å². The van der Waals surface area contributed by atoms with Crippen LogP contribution in [-0.4, -0.2) is 57.5 Å². The molecule has 0 radical (unpaired) electrons. The average Bonchev–Trinajstić information content (AvgIpc) is 3.34. The van der Waals surface area contributed by atoms with E-state index in [0.29, 0.717) is 22.4 Å². The number of benzene rings is 1. The van der Waals surface area contributed by atoms with Gasteiger partial charge in [-0.3, -0.25) is 4.79 Å². The minimum Gasteiger partial charge on any atom is -0.359 e. The molecular formula is C21H21F3N6O. The van der Waals surface area contributed by atoms with Crippen LogP contribution in [0.4, 0.5) is 13.2 Å². The highest BCUT2D eigenvalue weighted by Gasteiger charge is 2.37. The van der Waals surface area contributed by atoms with E-state index in [9.17, 15) is 18.0 Å². The monoisotopic (exact) mass is 430 g/mol. The summed E-state index contributed by atoms with van der Waals surface area (Å²) in [5.41, 5.74) is -0.0876. The number of alkyl halides is 3. The van der Waals surface area contributed by atoms with Crippen molar-refractivity contribution < 1.29 is 18.0 Å². The second kappa shape index (κ2) is 8.03. The SMILES string of the molecule is CN(C)CC(=O)NCCn1c(-c2ccc[nH]2)nc2c(C(F)(F)F)nc3ccccc3c21. The molecule has 0 unspecified atom stereocenters. The number of hydrogen-bond acceptors (Lipinski definition) is 4. The summed E-state index contributed by atoms with van der Waals surface area (Å²) in [5.74, 6) is 0.184. The lowest BCUT2D eigenvalue weighted by molar-refractivity contribution is -0.139. The molecule has 2 N–H and O–H groups in total. The van der Waals surface area contributed by atoms with E-state index < -0.39 is 11.9 Å². The first-order valence-electron chi connectivity index (χ1n) is 9.67. The highest BCUT2D eigenvalue weighted by Crippen LogP contribution is 2.38. The largest absolute Gasteiger partial charge is 0.435 e. The molecular weight excluding hydrogens is 409 g/mol. The minimum atomic E-state index is -4.66. The van der Waals surface area contributed by atoms with Gasteiger partial charge < -0.3 is 19.8 Å². The van der Waals surface area contributed by atoms with Gasteiger partial charge in [0.2, 0.25) is 5.91 Å². The van der Waals surface area contributed by atoms with E-state index in [4.69, 9.17) is 0 Å². The van der Waals surface area contributed by atoms with Crippen LogP contribution in [0.2, 0.25) is 0 Å². The Morgan fingerprint density at radius 2 is 1.94 bits per heavy atom. The lowest BCUT2D eigenvalue weighted by atomic mass is 10.1. The molecule has 0 aliphatic rings. The number of fused-ring (bicyclic) bond motifs is 3. The Morgan fingerprint density at radius 3 is 2.61 bits per heavy atom. The predicted octanol–water partition coefficient (Wildman–Crippen LogP) is 3.28. The first kappa shape index (κ1) is 20.9. The van der Waals surface area contributed by atoms with Gasteiger partial charge in [-0.05, 0) is 32.3 Å². The zero-order valence-corrected chi connectivity index (χ0v) is 17.0. The number of hydrogen-bond donors (Lipinski definition) is 2. The van der Waals surface area contributed by atoms with Crippen LogP contribution in [0.15, 0.2) is 42.6 Å². The predicted molar refractivity (Wildman–Crippen MR) is 111 cm³/mol. The summed E-state index contributed by atoms with van der Waals surface area (Å²) in [7, 11) is 3.56. The lowest BCUT2D eigenvalue weighted by Gasteiger charge is -2.13. The molecule has 0 bridgehead atoms. The summed E-state index contributed by atoms with van der Waals surface area (Å²) in [6, 6.07) is 10.2. The fraction of sp³-hybridized carbons (Fsp3) is 0.286. The number of aromatic nitrogens is 4. The second-order valence-corrected chi connectivity index (χ2v) is 7.43. The van der Waals surface area contributed by atoms with Gasteiger partial charge in [0.05, 0.1) is 23.3 Å². The van der Waals surface area contributed by atoms with E-state index in [-0.39, 0.29) is 36.6 Å². The Hall–Kier alpha value is -3.40. The first-order chi connectivity index (χ1) is 14.8. The van der Waals surface area contributed by atoms with E-state index in [0.717, 1.165) is 0 Å². The molecule has 0 aliphatic heterocycles. The number of amides is 1. The number of aromatic amines is 1. The Balaban J connectivity index is 1.88.